The van der Waals surface area contributed by atoms with Gasteiger partial charge in [0.25, 0.3) is 0 Å². The normalized spacial score (nSPS) is 29.8. The van der Waals surface area contributed by atoms with Gasteiger partial charge in [-0.15, -0.1) is 0 Å². The molecule has 1 aromatic carbocycles. The lowest BCUT2D eigenvalue weighted by molar-refractivity contribution is -0.284. The SMILES string of the molecule is C[C@]12CCC3c4ccc(O)cc4C(=O)[C@@H](CCCCCCCCCS(=O)CCCC(F)(F)C(F)(F)F)C3C1CC(=O)C21CC1. The summed E-state index contributed by atoms with van der Waals surface area (Å²) in [7, 11) is -1.40. The van der Waals surface area contributed by atoms with E-state index in [0.717, 1.165) is 76.2 Å². The van der Waals surface area contributed by atoms with Crippen LogP contribution in [0.1, 0.15) is 125 Å². The van der Waals surface area contributed by atoms with E-state index < -0.39 is 35.7 Å². The van der Waals surface area contributed by atoms with Gasteiger partial charge in [-0.25, -0.2) is 0 Å². The first-order valence-corrected chi connectivity index (χ1v) is 17.9. The van der Waals surface area contributed by atoms with Gasteiger partial charge < -0.3 is 5.11 Å². The van der Waals surface area contributed by atoms with Gasteiger partial charge in [-0.05, 0) is 85.8 Å². The highest BCUT2D eigenvalue weighted by Crippen LogP contribution is 2.75. The van der Waals surface area contributed by atoms with E-state index in [-0.39, 0.29) is 51.8 Å². The maximum absolute atomic E-state index is 13.9. The van der Waals surface area contributed by atoms with E-state index in [9.17, 15) is 40.9 Å². The van der Waals surface area contributed by atoms with Crippen molar-refractivity contribution in [2.24, 2.45) is 28.6 Å². The molecule has 0 aliphatic heterocycles. The molecular formula is C34H45F5O4S. The summed E-state index contributed by atoms with van der Waals surface area (Å²) in [6, 6.07) is 5.23. The van der Waals surface area contributed by atoms with Crippen molar-refractivity contribution < 1.29 is 40.9 Å². The van der Waals surface area contributed by atoms with Crippen LogP contribution < -0.4 is 0 Å². The van der Waals surface area contributed by atoms with Crippen LogP contribution in [0.2, 0.25) is 0 Å². The van der Waals surface area contributed by atoms with E-state index in [1.54, 1.807) is 12.1 Å². The fraction of sp³-hybridized carbons (Fsp3) is 0.765. The first-order valence-electron chi connectivity index (χ1n) is 16.4. The Balaban J connectivity index is 1.07. The average Bonchev–Trinajstić information content (AvgIpc) is 3.74. The highest BCUT2D eigenvalue weighted by Gasteiger charge is 2.72. The quantitative estimate of drug-likeness (QED) is 0.162. The summed E-state index contributed by atoms with van der Waals surface area (Å²) in [5, 5.41) is 10.2. The van der Waals surface area contributed by atoms with E-state index in [4.69, 9.17) is 0 Å². The maximum Gasteiger partial charge on any atom is 0.453 e. The number of hydrogen-bond donors (Lipinski definition) is 1. The minimum atomic E-state index is -5.56. The monoisotopic (exact) mass is 644 g/mol. The van der Waals surface area contributed by atoms with Gasteiger partial charge in [-0.3, -0.25) is 13.8 Å². The number of phenols is 1. The first kappa shape index (κ1) is 33.5. The third kappa shape index (κ3) is 6.26. The number of benzene rings is 1. The molecule has 0 bridgehead atoms. The van der Waals surface area contributed by atoms with E-state index in [0.29, 0.717) is 29.9 Å². The van der Waals surface area contributed by atoms with Crippen LogP contribution in [0.15, 0.2) is 18.2 Å². The van der Waals surface area contributed by atoms with E-state index >= 15 is 0 Å². The second-order valence-electron chi connectivity index (χ2n) is 14.1. The number of phenolic OH excluding ortho intramolecular Hbond substituents is 1. The average molecular weight is 645 g/mol. The fourth-order valence-corrected chi connectivity index (χ4v) is 10.3. The van der Waals surface area contributed by atoms with Gasteiger partial charge in [0.05, 0.1) is 0 Å². The van der Waals surface area contributed by atoms with Gasteiger partial charge in [0, 0.05) is 52.0 Å². The van der Waals surface area contributed by atoms with Crippen LogP contribution in [0.25, 0.3) is 0 Å². The number of carbonyl (C=O) groups is 2. The predicted octanol–water partition coefficient (Wildman–Crippen LogP) is 8.92. The molecule has 246 valence electrons. The van der Waals surface area contributed by atoms with Gasteiger partial charge in [0.1, 0.15) is 11.5 Å². The molecule has 0 aromatic heterocycles. The number of Topliss-reactive ketones (excluding diaryl/α,β-unsaturated/α-hetero) is 2. The Morgan fingerprint density at radius 2 is 1.55 bits per heavy atom. The summed E-state index contributed by atoms with van der Waals surface area (Å²) < 4.78 is 74.7. The van der Waals surface area contributed by atoms with Crippen molar-refractivity contribution in [1.82, 2.24) is 0 Å². The number of fused-ring (bicyclic) bond motifs is 6. The summed E-state index contributed by atoms with van der Waals surface area (Å²) >= 11 is 0. The Hall–Kier alpha value is -1.84. The van der Waals surface area contributed by atoms with E-state index in [2.05, 4.69) is 6.92 Å². The standard InChI is InChI=1S/C34H45F5O4S/c1-31-15-13-24-23-12-11-22(40)20-26(23)30(42)25(29(24)27(31)21-28(41)32(31)16-17-32)10-7-5-3-2-4-6-8-18-44(43)19-9-14-33(35,36)34(37,38)39/h11-12,20,24-25,27,29,40H,2-10,13-19,21H2,1H3/t24?,25-,27?,29?,31-,44?/m0/s1. The fourth-order valence-electron chi connectivity index (χ4n) is 9.10. The number of hydrogen-bond acceptors (Lipinski definition) is 4. The molecule has 3 fully saturated rings. The molecule has 4 nitrogen and oxygen atoms in total. The van der Waals surface area contributed by atoms with Gasteiger partial charge in [-0.1, -0.05) is 51.5 Å². The molecule has 1 spiro atoms. The maximum atomic E-state index is 13.9. The van der Waals surface area contributed by atoms with Crippen LogP contribution in [0.4, 0.5) is 22.0 Å². The van der Waals surface area contributed by atoms with Crippen LogP contribution >= 0.6 is 0 Å². The van der Waals surface area contributed by atoms with Crippen molar-refractivity contribution in [3.8, 4) is 5.75 Å². The van der Waals surface area contributed by atoms with Crippen LogP contribution in [-0.4, -0.2) is 44.5 Å². The van der Waals surface area contributed by atoms with Gasteiger partial charge in [0.15, 0.2) is 5.78 Å². The predicted molar refractivity (Wildman–Crippen MR) is 159 cm³/mol. The Morgan fingerprint density at radius 3 is 2.20 bits per heavy atom. The topological polar surface area (TPSA) is 71.4 Å². The Kier molecular flexibility index (Phi) is 9.71. The summed E-state index contributed by atoms with van der Waals surface area (Å²) in [4.78, 5) is 27.2. The van der Waals surface area contributed by atoms with Crippen LogP contribution in [0, 0.1) is 28.6 Å². The van der Waals surface area contributed by atoms with E-state index in [1.165, 1.54) is 0 Å². The number of halogens is 5. The number of unbranched alkanes of at least 4 members (excludes halogenated alkanes) is 6. The number of alkyl halides is 5. The van der Waals surface area contributed by atoms with Gasteiger partial charge in [0.2, 0.25) is 0 Å². The van der Waals surface area contributed by atoms with Crippen LogP contribution in [0.5, 0.6) is 5.75 Å². The minimum absolute atomic E-state index is 0.0317. The molecule has 6 atom stereocenters. The Bertz CT molecular complexity index is 1260. The third-order valence-corrected chi connectivity index (χ3v) is 13.2. The lowest BCUT2D eigenvalue weighted by atomic mass is 9.50. The van der Waals surface area contributed by atoms with Crippen molar-refractivity contribution >= 4 is 22.4 Å². The summed E-state index contributed by atoms with van der Waals surface area (Å²) in [5.41, 5.74) is 1.49. The van der Waals surface area contributed by atoms with Crippen molar-refractivity contribution in [3.05, 3.63) is 29.3 Å². The van der Waals surface area contributed by atoms with Crippen molar-refractivity contribution in [2.75, 3.05) is 11.5 Å². The van der Waals surface area contributed by atoms with Crippen LogP contribution in [-0.2, 0) is 15.6 Å². The van der Waals surface area contributed by atoms with E-state index in [1.807, 2.05) is 6.07 Å². The van der Waals surface area contributed by atoms with Crippen molar-refractivity contribution in [3.63, 3.8) is 0 Å². The molecule has 3 saturated carbocycles. The highest BCUT2D eigenvalue weighted by molar-refractivity contribution is 7.84. The van der Waals surface area contributed by atoms with Crippen molar-refractivity contribution in [1.29, 1.82) is 0 Å². The zero-order valence-corrected chi connectivity index (χ0v) is 26.3. The largest absolute Gasteiger partial charge is 0.508 e. The van der Waals surface area contributed by atoms with Gasteiger partial charge in [-0.2, -0.15) is 22.0 Å². The van der Waals surface area contributed by atoms with Crippen molar-refractivity contribution in [2.45, 2.75) is 121 Å². The Labute approximate surface area is 259 Å². The molecule has 1 aromatic rings. The summed E-state index contributed by atoms with van der Waals surface area (Å²) in [5.74, 6) is -3.48. The molecule has 1 N–H and O–H groups in total. The number of rotatable bonds is 14. The number of ketones is 2. The Morgan fingerprint density at radius 1 is 0.909 bits per heavy atom. The zero-order valence-electron chi connectivity index (χ0n) is 25.5. The third-order valence-electron chi connectivity index (χ3n) is 11.7. The molecule has 44 heavy (non-hydrogen) atoms. The lowest BCUT2D eigenvalue weighted by Crippen LogP contribution is -2.48. The van der Waals surface area contributed by atoms with Gasteiger partial charge >= 0.3 is 12.1 Å². The molecule has 0 radical (unpaired) electrons. The summed E-state index contributed by atoms with van der Waals surface area (Å²) in [6.07, 6.45) is 4.22. The molecule has 4 aliphatic carbocycles. The molecular weight excluding hydrogens is 599 g/mol. The second kappa shape index (κ2) is 12.7. The molecule has 0 saturated heterocycles. The summed E-state index contributed by atoms with van der Waals surface area (Å²) in [6.45, 7) is 2.31. The first-order chi connectivity index (χ1) is 20.7. The molecule has 4 aliphatic rings. The molecule has 0 amide bonds. The highest BCUT2D eigenvalue weighted by atomic mass is 32.2. The second-order valence-corrected chi connectivity index (χ2v) is 15.8. The smallest absolute Gasteiger partial charge is 0.453 e. The zero-order chi connectivity index (χ0) is 31.9. The molecule has 10 heteroatoms. The molecule has 0 heterocycles. The molecule has 4 unspecified atom stereocenters. The number of aromatic hydroxyl groups is 1. The number of carbonyl (C=O) groups excluding carboxylic acids is 2. The van der Waals surface area contributed by atoms with Crippen LogP contribution in [0.3, 0.4) is 0 Å². The minimum Gasteiger partial charge on any atom is -0.508 e. The molecule has 5 rings (SSSR count). The lowest BCUT2D eigenvalue weighted by Gasteiger charge is -2.53.